The number of Topliss-reactive ketones (excluding diaryl/α,β-unsaturated/α-hetero) is 1. The number of carbonyl (C=O) groups excluding carboxylic acids is 2. The van der Waals surface area contributed by atoms with Crippen LogP contribution in [0.4, 0.5) is 4.53 Å². The van der Waals surface area contributed by atoms with E-state index in [4.69, 9.17) is 18.9 Å². The summed E-state index contributed by atoms with van der Waals surface area (Å²) in [6.07, 6.45) is 13.9. The van der Waals surface area contributed by atoms with Gasteiger partial charge in [0, 0.05) is 36.5 Å². The van der Waals surface area contributed by atoms with Crippen LogP contribution in [0.5, 0.6) is 0 Å². The fourth-order valence-electron chi connectivity index (χ4n) is 8.57. The minimum Gasteiger partial charge on any atom is -0.391 e. The fourth-order valence-corrected chi connectivity index (χ4v) is 8.57. The van der Waals surface area contributed by atoms with Crippen LogP contribution < -0.4 is 0 Å². The molecule has 12 unspecified atom stereocenters. The lowest BCUT2D eigenvalue weighted by Gasteiger charge is -2.44. The minimum atomic E-state index is -1.56. The van der Waals surface area contributed by atoms with Crippen LogP contribution >= 0.6 is 0 Å². The number of aliphatic hydroxyl groups excluding tert-OH is 1. The lowest BCUT2D eigenvalue weighted by atomic mass is 9.78. The second-order valence-corrected chi connectivity index (χ2v) is 15.2. The lowest BCUT2D eigenvalue weighted by molar-refractivity contribution is -0.412. The van der Waals surface area contributed by atoms with Gasteiger partial charge in [-0.3, -0.25) is 4.79 Å². The first kappa shape index (κ1) is 37.6. The van der Waals surface area contributed by atoms with Gasteiger partial charge in [-0.2, -0.15) is 4.94 Å². The predicted octanol–water partition coefficient (Wildman–Crippen LogP) is 7.45. The van der Waals surface area contributed by atoms with E-state index in [1.807, 2.05) is 26.8 Å². The van der Waals surface area contributed by atoms with Gasteiger partial charge in [0.2, 0.25) is 5.79 Å². The molecule has 46 heavy (non-hydrogen) atoms. The molecule has 1 N–H and O–H groups in total. The predicted molar refractivity (Wildman–Crippen MR) is 173 cm³/mol. The molecule has 0 aromatic rings. The van der Waals surface area contributed by atoms with Crippen LogP contribution in [-0.2, 0) is 33.5 Å². The van der Waals surface area contributed by atoms with Crippen LogP contribution in [-0.4, -0.2) is 65.9 Å². The molecule has 264 valence electrons. The standard InChI is InChI=1S/C37H61FO8/c1-7-28(35(41)26(5)21-25(4)31-11-9-12-32(43-31)29(8-2)22-39)20-24(3)19-27(6)37(46-38)17-10-16-36(45-37)18-15-34(44-36)33-14-13-30(40)23-42-33/h10,17,22,24-34,40H,7-9,11-16,18-21,23H2,1-6H3/t24?,25?,26?,27?,28-,29?,30?,31?,32?,33?,34?,36?,37?/m1/s1. The molecule has 0 bridgehead atoms. The molecule has 8 nitrogen and oxygen atoms in total. The summed E-state index contributed by atoms with van der Waals surface area (Å²) in [6, 6.07) is 0. The summed E-state index contributed by atoms with van der Waals surface area (Å²) in [5.41, 5.74) is 0. The van der Waals surface area contributed by atoms with E-state index in [-0.39, 0.29) is 65.7 Å². The Labute approximate surface area is 276 Å². The Morgan fingerprint density at radius 1 is 1.02 bits per heavy atom. The fraction of sp³-hybridized carbons (Fsp3) is 0.892. The summed E-state index contributed by atoms with van der Waals surface area (Å²) >= 11 is 0. The SMILES string of the molecule is CCC(C=O)C1CCCC(C(C)CC(C)C(=O)[C@H](CC)CC(C)CC(C)C2(OF)C=CCC3(CCC(C4CCC(O)CO4)O3)O2)O1. The van der Waals surface area contributed by atoms with Crippen LogP contribution in [0.2, 0.25) is 0 Å². The second kappa shape index (κ2) is 16.9. The monoisotopic (exact) mass is 652 g/mol. The Bertz CT molecular complexity index is 1000. The summed E-state index contributed by atoms with van der Waals surface area (Å²) in [4.78, 5) is 29.9. The highest BCUT2D eigenvalue weighted by Crippen LogP contribution is 2.47. The number of rotatable bonds is 16. The third-order valence-corrected chi connectivity index (χ3v) is 11.4. The molecule has 3 fully saturated rings. The number of ether oxygens (including phenoxy) is 4. The van der Waals surface area contributed by atoms with Crippen LogP contribution in [0.1, 0.15) is 125 Å². The van der Waals surface area contributed by atoms with Crippen molar-refractivity contribution in [1.82, 2.24) is 0 Å². The number of aldehydes is 1. The molecular formula is C37H61FO8. The number of hydrogen-bond donors (Lipinski definition) is 1. The number of halogens is 1. The average Bonchev–Trinajstić information content (AvgIpc) is 3.46. The van der Waals surface area contributed by atoms with Crippen molar-refractivity contribution in [2.45, 2.75) is 167 Å². The molecule has 13 atom stereocenters. The molecule has 0 amide bonds. The van der Waals surface area contributed by atoms with E-state index < -0.39 is 17.7 Å². The van der Waals surface area contributed by atoms with E-state index in [2.05, 4.69) is 25.7 Å². The van der Waals surface area contributed by atoms with Gasteiger partial charge in [0.25, 0.3) is 0 Å². The Kier molecular flexibility index (Phi) is 13.8. The molecule has 1 spiro atoms. The zero-order valence-corrected chi connectivity index (χ0v) is 29.2. The van der Waals surface area contributed by atoms with E-state index in [1.165, 1.54) is 0 Å². The first-order valence-corrected chi connectivity index (χ1v) is 18.3. The van der Waals surface area contributed by atoms with Crippen molar-refractivity contribution in [2.75, 3.05) is 6.61 Å². The molecule has 4 aliphatic rings. The summed E-state index contributed by atoms with van der Waals surface area (Å²) in [7, 11) is 0. The molecule has 3 saturated heterocycles. The Hall–Kier alpha value is -1.23. The Morgan fingerprint density at radius 3 is 2.43 bits per heavy atom. The molecule has 4 rings (SSSR count). The van der Waals surface area contributed by atoms with Crippen molar-refractivity contribution in [3.8, 4) is 0 Å². The Balaban J connectivity index is 1.29. The third-order valence-electron chi connectivity index (χ3n) is 11.4. The quantitative estimate of drug-likeness (QED) is 0.136. The van der Waals surface area contributed by atoms with E-state index in [1.54, 1.807) is 6.08 Å². The van der Waals surface area contributed by atoms with Gasteiger partial charge in [0.15, 0.2) is 5.79 Å². The molecule has 0 aliphatic carbocycles. The van der Waals surface area contributed by atoms with Gasteiger partial charge in [0.1, 0.15) is 12.1 Å². The van der Waals surface area contributed by atoms with Gasteiger partial charge in [-0.05, 0) is 93.1 Å². The van der Waals surface area contributed by atoms with Gasteiger partial charge in [0.05, 0.1) is 37.1 Å². The van der Waals surface area contributed by atoms with Crippen molar-refractivity contribution >= 4 is 12.1 Å². The van der Waals surface area contributed by atoms with Gasteiger partial charge in [-0.25, -0.2) is 0 Å². The first-order chi connectivity index (χ1) is 22.0. The maximum absolute atomic E-state index is 14.4. The Morgan fingerprint density at radius 2 is 1.78 bits per heavy atom. The highest BCUT2D eigenvalue weighted by molar-refractivity contribution is 5.83. The number of carbonyl (C=O) groups is 2. The minimum absolute atomic E-state index is 0.0158. The molecule has 4 aliphatic heterocycles. The van der Waals surface area contributed by atoms with Gasteiger partial charge in [-0.1, -0.05) is 47.6 Å². The highest BCUT2D eigenvalue weighted by Gasteiger charge is 2.53. The zero-order chi connectivity index (χ0) is 33.5. The van der Waals surface area contributed by atoms with Gasteiger partial charge >= 0.3 is 0 Å². The molecule has 0 aromatic heterocycles. The lowest BCUT2D eigenvalue weighted by Crippen LogP contribution is -2.51. The largest absolute Gasteiger partial charge is 0.391 e. The highest BCUT2D eigenvalue weighted by atomic mass is 19.3. The van der Waals surface area contributed by atoms with Crippen LogP contribution in [0.15, 0.2) is 12.2 Å². The summed E-state index contributed by atoms with van der Waals surface area (Å²) in [6.45, 7) is 12.7. The van der Waals surface area contributed by atoms with Gasteiger partial charge in [-0.15, -0.1) is 0 Å². The zero-order valence-electron chi connectivity index (χ0n) is 29.2. The van der Waals surface area contributed by atoms with Crippen LogP contribution in [0.25, 0.3) is 0 Å². The molecule has 4 heterocycles. The summed E-state index contributed by atoms with van der Waals surface area (Å²) in [5, 5.41) is 9.80. The van der Waals surface area contributed by atoms with Gasteiger partial charge < -0.3 is 28.8 Å². The van der Waals surface area contributed by atoms with Crippen LogP contribution in [0, 0.1) is 35.5 Å². The topological polar surface area (TPSA) is 101 Å². The van der Waals surface area contributed by atoms with Crippen molar-refractivity contribution in [3.63, 3.8) is 0 Å². The third kappa shape index (κ3) is 9.06. The molecule has 0 aromatic carbocycles. The first-order valence-electron chi connectivity index (χ1n) is 18.3. The van der Waals surface area contributed by atoms with Crippen molar-refractivity contribution in [1.29, 1.82) is 0 Å². The summed E-state index contributed by atoms with van der Waals surface area (Å²) < 4.78 is 39.5. The number of aliphatic hydroxyl groups is 1. The normalized spacial score (nSPS) is 37.3. The van der Waals surface area contributed by atoms with E-state index in [9.17, 15) is 19.2 Å². The van der Waals surface area contributed by atoms with E-state index in [0.29, 0.717) is 32.3 Å². The molecule has 9 heteroatoms. The van der Waals surface area contributed by atoms with Crippen molar-refractivity contribution in [2.24, 2.45) is 35.5 Å². The van der Waals surface area contributed by atoms with Crippen molar-refractivity contribution in [3.05, 3.63) is 12.2 Å². The smallest absolute Gasteiger partial charge is 0.231 e. The number of ketones is 1. The maximum atomic E-state index is 14.4. The molecule has 0 saturated carbocycles. The van der Waals surface area contributed by atoms with Crippen LogP contribution in [0.3, 0.4) is 0 Å². The maximum Gasteiger partial charge on any atom is 0.231 e. The average molecular weight is 653 g/mol. The molecule has 0 radical (unpaired) electrons. The number of hydrogen-bond acceptors (Lipinski definition) is 8. The molecular weight excluding hydrogens is 591 g/mol. The second-order valence-electron chi connectivity index (χ2n) is 15.2. The van der Waals surface area contributed by atoms with E-state index >= 15 is 0 Å². The van der Waals surface area contributed by atoms with E-state index in [0.717, 1.165) is 64.1 Å². The summed E-state index contributed by atoms with van der Waals surface area (Å²) in [5.74, 6) is -2.40. The van der Waals surface area contributed by atoms with Crippen molar-refractivity contribution < 1.29 is 43.1 Å².